The molecule has 4 aromatic rings. The van der Waals surface area contributed by atoms with E-state index >= 15 is 0 Å². The summed E-state index contributed by atoms with van der Waals surface area (Å²) in [5.41, 5.74) is 4.30. The molecular formula is C29H24O4. The summed E-state index contributed by atoms with van der Waals surface area (Å²) in [6, 6.07) is 34.7. The summed E-state index contributed by atoms with van der Waals surface area (Å²) >= 11 is 0. The lowest BCUT2D eigenvalue weighted by Crippen LogP contribution is -2.11. The van der Waals surface area contributed by atoms with Crippen molar-refractivity contribution in [1.82, 2.24) is 0 Å². The monoisotopic (exact) mass is 436 g/mol. The smallest absolute Gasteiger partial charge is 0.311 e. The largest absolute Gasteiger partial charge is 0.427 e. The fraction of sp³-hybridized carbons (Fsp3) is 0.103. The van der Waals surface area contributed by atoms with Gasteiger partial charge in [0, 0.05) is 12.8 Å². The van der Waals surface area contributed by atoms with Crippen molar-refractivity contribution in [3.63, 3.8) is 0 Å². The molecule has 0 aliphatic carbocycles. The summed E-state index contributed by atoms with van der Waals surface area (Å²) in [7, 11) is 0. The van der Waals surface area contributed by atoms with Crippen LogP contribution in [0.4, 0.5) is 0 Å². The lowest BCUT2D eigenvalue weighted by molar-refractivity contribution is -0.136. The summed E-state index contributed by atoms with van der Waals surface area (Å²) in [6.07, 6.45) is 0.646. The van der Waals surface area contributed by atoms with E-state index in [-0.39, 0.29) is 24.8 Å². The Morgan fingerprint density at radius 1 is 0.455 bits per heavy atom. The second kappa shape index (κ2) is 10.9. The van der Waals surface area contributed by atoms with Crippen molar-refractivity contribution in [2.45, 2.75) is 19.3 Å². The molecule has 0 spiro atoms. The predicted octanol–water partition coefficient (Wildman–Crippen LogP) is 6.70. The van der Waals surface area contributed by atoms with Gasteiger partial charge in [-0.25, -0.2) is 0 Å². The average molecular weight is 437 g/mol. The van der Waals surface area contributed by atoms with Crippen molar-refractivity contribution in [1.29, 1.82) is 0 Å². The van der Waals surface area contributed by atoms with Gasteiger partial charge in [0.2, 0.25) is 0 Å². The minimum absolute atomic E-state index is 0.141. The second-order valence-corrected chi connectivity index (χ2v) is 7.58. The molecule has 0 fully saturated rings. The van der Waals surface area contributed by atoms with Crippen LogP contribution in [0.25, 0.3) is 22.3 Å². The van der Waals surface area contributed by atoms with E-state index in [1.54, 1.807) is 24.3 Å². The maximum Gasteiger partial charge on any atom is 0.311 e. The molecule has 0 saturated carbocycles. The van der Waals surface area contributed by atoms with Gasteiger partial charge in [0.05, 0.1) is 0 Å². The summed E-state index contributed by atoms with van der Waals surface area (Å²) in [4.78, 5) is 24.2. The Balaban J connectivity index is 1.20. The maximum absolute atomic E-state index is 12.1. The first-order chi connectivity index (χ1) is 16.2. The van der Waals surface area contributed by atoms with E-state index in [0.29, 0.717) is 17.9 Å². The number of esters is 2. The number of hydrogen-bond donors (Lipinski definition) is 0. The second-order valence-electron chi connectivity index (χ2n) is 7.58. The van der Waals surface area contributed by atoms with E-state index in [2.05, 4.69) is 0 Å². The van der Waals surface area contributed by atoms with E-state index in [0.717, 1.165) is 22.3 Å². The molecule has 4 rings (SSSR count). The molecule has 0 heterocycles. The zero-order chi connectivity index (χ0) is 22.9. The zero-order valence-corrected chi connectivity index (χ0v) is 18.1. The number of benzene rings is 4. The fourth-order valence-electron chi connectivity index (χ4n) is 3.43. The van der Waals surface area contributed by atoms with Gasteiger partial charge in [-0.05, 0) is 52.9 Å². The van der Waals surface area contributed by atoms with Crippen LogP contribution in [-0.2, 0) is 9.59 Å². The van der Waals surface area contributed by atoms with Gasteiger partial charge in [0.25, 0.3) is 0 Å². The Bertz CT molecular complexity index is 1090. The fourth-order valence-corrected chi connectivity index (χ4v) is 3.43. The van der Waals surface area contributed by atoms with Gasteiger partial charge < -0.3 is 9.47 Å². The number of ether oxygens (including phenoxy) is 2. The van der Waals surface area contributed by atoms with Gasteiger partial charge in [-0.1, -0.05) is 84.9 Å². The molecule has 4 heteroatoms. The molecule has 33 heavy (non-hydrogen) atoms. The lowest BCUT2D eigenvalue weighted by atomic mass is 10.1. The number of carbonyl (C=O) groups excluding carboxylic acids is 2. The van der Waals surface area contributed by atoms with Gasteiger partial charge >= 0.3 is 11.9 Å². The first-order valence-corrected chi connectivity index (χ1v) is 10.9. The molecule has 0 aliphatic heterocycles. The van der Waals surface area contributed by atoms with Crippen molar-refractivity contribution >= 4 is 11.9 Å². The number of carbonyl (C=O) groups is 2. The van der Waals surface area contributed by atoms with Crippen LogP contribution in [0, 0.1) is 0 Å². The Labute approximate surface area is 193 Å². The zero-order valence-electron chi connectivity index (χ0n) is 18.1. The van der Waals surface area contributed by atoms with Crippen LogP contribution < -0.4 is 9.47 Å². The van der Waals surface area contributed by atoms with Gasteiger partial charge in [-0.15, -0.1) is 0 Å². The first-order valence-electron chi connectivity index (χ1n) is 10.9. The van der Waals surface area contributed by atoms with Crippen LogP contribution in [0.3, 0.4) is 0 Å². The van der Waals surface area contributed by atoms with Gasteiger partial charge in [0.15, 0.2) is 0 Å². The van der Waals surface area contributed by atoms with Crippen molar-refractivity contribution in [3.05, 3.63) is 109 Å². The van der Waals surface area contributed by atoms with Crippen molar-refractivity contribution in [3.8, 4) is 33.8 Å². The van der Waals surface area contributed by atoms with Crippen molar-refractivity contribution in [2.24, 2.45) is 0 Å². The highest BCUT2D eigenvalue weighted by Crippen LogP contribution is 2.23. The Kier molecular flexibility index (Phi) is 7.29. The van der Waals surface area contributed by atoms with Crippen LogP contribution in [0.1, 0.15) is 19.3 Å². The molecule has 0 saturated heterocycles. The summed E-state index contributed by atoms with van der Waals surface area (Å²) in [6.45, 7) is 0. The number of hydrogen-bond acceptors (Lipinski definition) is 4. The molecule has 4 nitrogen and oxygen atoms in total. The van der Waals surface area contributed by atoms with E-state index in [9.17, 15) is 9.59 Å². The van der Waals surface area contributed by atoms with Crippen molar-refractivity contribution in [2.75, 3.05) is 0 Å². The molecule has 0 aliphatic rings. The van der Waals surface area contributed by atoms with Crippen LogP contribution in [-0.4, -0.2) is 11.9 Å². The molecule has 0 N–H and O–H groups in total. The third-order valence-corrected chi connectivity index (χ3v) is 5.15. The number of rotatable bonds is 8. The molecule has 0 unspecified atom stereocenters. The third kappa shape index (κ3) is 6.40. The topological polar surface area (TPSA) is 52.6 Å². The molecule has 0 atom stereocenters. The molecular weight excluding hydrogens is 412 g/mol. The third-order valence-electron chi connectivity index (χ3n) is 5.15. The van der Waals surface area contributed by atoms with Crippen LogP contribution in [0.5, 0.6) is 11.5 Å². The van der Waals surface area contributed by atoms with Crippen LogP contribution >= 0.6 is 0 Å². The summed E-state index contributed by atoms with van der Waals surface area (Å²) in [5.74, 6) is 0.228. The summed E-state index contributed by atoms with van der Waals surface area (Å²) in [5, 5.41) is 0. The van der Waals surface area contributed by atoms with Gasteiger partial charge in [0.1, 0.15) is 11.5 Å². The molecule has 164 valence electrons. The predicted molar refractivity (Wildman–Crippen MR) is 129 cm³/mol. The molecule has 0 bridgehead atoms. The first kappa shape index (κ1) is 22.0. The SMILES string of the molecule is O=C(CCCC(=O)Oc1ccc(-c2ccccc2)cc1)Oc1ccc(-c2ccccc2)cc1. The Hall–Kier alpha value is -4.18. The molecule has 0 radical (unpaired) electrons. The van der Waals surface area contributed by atoms with Gasteiger partial charge in [-0.2, -0.15) is 0 Å². The van der Waals surface area contributed by atoms with E-state index in [1.165, 1.54) is 0 Å². The Morgan fingerprint density at radius 3 is 1.15 bits per heavy atom. The minimum Gasteiger partial charge on any atom is -0.427 e. The van der Waals surface area contributed by atoms with Crippen molar-refractivity contribution < 1.29 is 19.1 Å². The molecule has 4 aromatic carbocycles. The lowest BCUT2D eigenvalue weighted by Gasteiger charge is -2.07. The summed E-state index contributed by atoms with van der Waals surface area (Å²) < 4.78 is 10.7. The standard InChI is InChI=1S/C29H24O4/c30-28(32-26-18-14-24(15-19-26)22-8-3-1-4-9-22)12-7-13-29(31)33-27-20-16-25(17-21-27)23-10-5-2-6-11-23/h1-6,8-11,14-21H,7,12-13H2. The Morgan fingerprint density at radius 2 is 0.788 bits per heavy atom. The minimum atomic E-state index is -0.373. The average Bonchev–Trinajstić information content (AvgIpc) is 2.86. The molecule has 0 amide bonds. The van der Waals surface area contributed by atoms with E-state index in [1.807, 2.05) is 84.9 Å². The van der Waals surface area contributed by atoms with Crippen LogP contribution in [0.15, 0.2) is 109 Å². The van der Waals surface area contributed by atoms with Crippen LogP contribution in [0.2, 0.25) is 0 Å². The quantitative estimate of drug-likeness (QED) is 0.228. The van der Waals surface area contributed by atoms with E-state index in [4.69, 9.17) is 9.47 Å². The molecule has 0 aromatic heterocycles. The highest BCUT2D eigenvalue weighted by molar-refractivity contribution is 5.76. The highest BCUT2D eigenvalue weighted by Gasteiger charge is 2.10. The highest BCUT2D eigenvalue weighted by atomic mass is 16.5. The van der Waals surface area contributed by atoms with Gasteiger partial charge in [-0.3, -0.25) is 9.59 Å². The normalized spacial score (nSPS) is 10.4. The van der Waals surface area contributed by atoms with E-state index < -0.39 is 0 Å². The maximum atomic E-state index is 12.1.